The molecule has 0 spiro atoms. The number of thiophene rings is 1. The molecule has 2 nitrogen and oxygen atoms in total. The Balaban J connectivity index is 1.32. The lowest BCUT2D eigenvalue weighted by Gasteiger charge is -2.48. The predicted octanol–water partition coefficient (Wildman–Crippen LogP) is 12.7. The average Bonchev–Trinajstić information content (AvgIpc) is 3.62. The Hall–Kier alpha value is -4.86. The zero-order valence-electron chi connectivity index (χ0n) is 25.9. The molecular formula is C42H33NOS. The fourth-order valence-corrected chi connectivity index (χ4v) is 8.75. The molecule has 6 aromatic carbocycles. The molecule has 2 heterocycles. The second-order valence-electron chi connectivity index (χ2n) is 13.4. The fraction of sp³-hybridized carbons (Fsp3) is 0.143. The van der Waals surface area contributed by atoms with Gasteiger partial charge >= 0.3 is 0 Å². The van der Waals surface area contributed by atoms with Crippen molar-refractivity contribution in [2.75, 3.05) is 4.90 Å². The van der Waals surface area contributed by atoms with Gasteiger partial charge in [-0.3, -0.25) is 0 Å². The highest BCUT2D eigenvalue weighted by Gasteiger charge is 2.47. The summed E-state index contributed by atoms with van der Waals surface area (Å²) in [4.78, 5) is 2.38. The molecule has 0 radical (unpaired) electrons. The van der Waals surface area contributed by atoms with Crippen LogP contribution in [0.2, 0.25) is 0 Å². The first-order chi connectivity index (χ1) is 21.8. The Morgan fingerprint density at radius 2 is 1.18 bits per heavy atom. The van der Waals surface area contributed by atoms with Crippen molar-refractivity contribution in [3.63, 3.8) is 0 Å². The van der Waals surface area contributed by atoms with Gasteiger partial charge in [0.15, 0.2) is 0 Å². The maximum Gasteiger partial charge on any atom is 0.135 e. The quantitative estimate of drug-likeness (QED) is 0.201. The van der Waals surface area contributed by atoms with E-state index in [1.165, 1.54) is 47.8 Å². The Morgan fingerprint density at radius 1 is 0.511 bits per heavy atom. The number of rotatable bonds is 3. The molecule has 0 saturated carbocycles. The lowest BCUT2D eigenvalue weighted by atomic mass is 9.55. The summed E-state index contributed by atoms with van der Waals surface area (Å²) in [7, 11) is 0. The number of nitrogens with zero attached hydrogens (tertiary/aromatic N) is 1. The number of furan rings is 1. The van der Waals surface area contributed by atoms with Gasteiger partial charge in [0, 0.05) is 53.4 Å². The molecule has 0 bridgehead atoms. The largest absolute Gasteiger partial charge is 0.456 e. The third-order valence-corrected chi connectivity index (χ3v) is 11.7. The SMILES string of the molecule is CC1(C)c2ccccc2-c2ccc3oc4ccc(N(c5ccccc5)c5ccc6sc7ccccc7c6c5)cc4c3c2C1(C)C. The van der Waals surface area contributed by atoms with Crippen LogP contribution in [0.25, 0.3) is 53.2 Å². The van der Waals surface area contributed by atoms with E-state index in [-0.39, 0.29) is 10.8 Å². The molecule has 45 heavy (non-hydrogen) atoms. The van der Waals surface area contributed by atoms with Crippen molar-refractivity contribution in [3.05, 3.63) is 139 Å². The second kappa shape index (κ2) is 9.32. The topological polar surface area (TPSA) is 16.4 Å². The highest BCUT2D eigenvalue weighted by Crippen LogP contribution is 2.57. The molecule has 0 amide bonds. The molecule has 0 N–H and O–H groups in total. The maximum atomic E-state index is 6.59. The van der Waals surface area contributed by atoms with Gasteiger partial charge in [-0.15, -0.1) is 11.3 Å². The zero-order chi connectivity index (χ0) is 30.5. The molecule has 3 heteroatoms. The van der Waals surface area contributed by atoms with E-state index in [9.17, 15) is 0 Å². The third kappa shape index (κ3) is 3.68. The minimum Gasteiger partial charge on any atom is -0.456 e. The van der Waals surface area contributed by atoms with Crippen LogP contribution in [0.4, 0.5) is 17.1 Å². The van der Waals surface area contributed by atoms with E-state index in [0.29, 0.717) is 0 Å². The van der Waals surface area contributed by atoms with Crippen LogP contribution in [0.5, 0.6) is 0 Å². The van der Waals surface area contributed by atoms with Gasteiger partial charge in [-0.2, -0.15) is 0 Å². The van der Waals surface area contributed by atoms with Gasteiger partial charge in [0.2, 0.25) is 0 Å². The zero-order valence-corrected chi connectivity index (χ0v) is 26.7. The first kappa shape index (κ1) is 26.5. The van der Waals surface area contributed by atoms with Crippen molar-refractivity contribution in [2.45, 2.75) is 38.5 Å². The monoisotopic (exact) mass is 599 g/mol. The number of anilines is 3. The second-order valence-corrected chi connectivity index (χ2v) is 14.5. The molecule has 9 rings (SSSR count). The number of fused-ring (bicyclic) bond motifs is 10. The summed E-state index contributed by atoms with van der Waals surface area (Å²) >= 11 is 1.85. The Kier molecular flexibility index (Phi) is 5.50. The first-order valence-corrected chi connectivity index (χ1v) is 16.5. The van der Waals surface area contributed by atoms with E-state index < -0.39 is 0 Å². The third-order valence-electron chi connectivity index (χ3n) is 10.6. The molecule has 1 aliphatic carbocycles. The Bertz CT molecular complexity index is 2440. The molecule has 0 saturated heterocycles. The molecule has 1 aliphatic rings. The van der Waals surface area contributed by atoms with Crippen LogP contribution < -0.4 is 4.90 Å². The predicted molar refractivity (Wildman–Crippen MR) is 193 cm³/mol. The standard InChI is InChI=1S/C42H33NOS/c1-41(2)34-16-10-8-14-29(34)31-20-22-36-39(40(31)42(41,3)4)33-25-27(18-21-35(33)44-36)43(26-12-6-5-7-13-26)28-19-23-38-32(24-28)30-15-9-11-17-37(30)45-38/h5-25H,1-4H3. The lowest BCUT2D eigenvalue weighted by Crippen LogP contribution is -2.43. The van der Waals surface area contributed by atoms with Crippen molar-refractivity contribution in [3.8, 4) is 11.1 Å². The highest BCUT2D eigenvalue weighted by molar-refractivity contribution is 7.25. The minimum atomic E-state index is -0.132. The van der Waals surface area contributed by atoms with Crippen LogP contribution in [0.1, 0.15) is 38.8 Å². The molecule has 0 aliphatic heterocycles. The van der Waals surface area contributed by atoms with Crippen LogP contribution in [-0.2, 0) is 10.8 Å². The van der Waals surface area contributed by atoms with E-state index in [1.807, 2.05) is 11.3 Å². The van der Waals surface area contributed by atoms with Gasteiger partial charge in [0.1, 0.15) is 11.2 Å². The van der Waals surface area contributed by atoms with Gasteiger partial charge in [-0.05, 0) is 88.3 Å². The van der Waals surface area contributed by atoms with Gasteiger partial charge in [0.05, 0.1) is 0 Å². The van der Waals surface area contributed by atoms with Crippen LogP contribution in [-0.4, -0.2) is 0 Å². The molecule has 8 aromatic rings. The number of para-hydroxylation sites is 1. The van der Waals surface area contributed by atoms with Gasteiger partial charge in [-0.1, -0.05) is 94.4 Å². The summed E-state index contributed by atoms with van der Waals surface area (Å²) < 4.78 is 9.22. The summed E-state index contributed by atoms with van der Waals surface area (Å²) in [5.74, 6) is 0. The summed E-state index contributed by atoms with van der Waals surface area (Å²) in [5.41, 5.74) is 10.5. The van der Waals surface area contributed by atoms with Crippen LogP contribution in [0.15, 0.2) is 132 Å². The van der Waals surface area contributed by atoms with E-state index in [4.69, 9.17) is 4.42 Å². The molecular weight excluding hydrogens is 567 g/mol. The highest BCUT2D eigenvalue weighted by atomic mass is 32.1. The lowest BCUT2D eigenvalue weighted by molar-refractivity contribution is 0.301. The molecule has 218 valence electrons. The van der Waals surface area contributed by atoms with Crippen LogP contribution in [0.3, 0.4) is 0 Å². The molecule has 2 aromatic heterocycles. The van der Waals surface area contributed by atoms with Crippen molar-refractivity contribution in [2.24, 2.45) is 0 Å². The fourth-order valence-electron chi connectivity index (χ4n) is 7.66. The minimum absolute atomic E-state index is 0.0686. The number of benzene rings is 6. The normalized spacial score (nSPS) is 15.0. The summed E-state index contributed by atoms with van der Waals surface area (Å²) in [6.07, 6.45) is 0. The van der Waals surface area contributed by atoms with E-state index >= 15 is 0 Å². The Morgan fingerprint density at radius 3 is 2.02 bits per heavy atom. The smallest absolute Gasteiger partial charge is 0.135 e. The molecule has 0 fully saturated rings. The Labute approximate surface area is 267 Å². The van der Waals surface area contributed by atoms with Crippen molar-refractivity contribution < 1.29 is 4.42 Å². The summed E-state index contributed by atoms with van der Waals surface area (Å²) in [6, 6.07) is 46.4. The molecule has 0 unspecified atom stereocenters. The summed E-state index contributed by atoms with van der Waals surface area (Å²) in [6.45, 7) is 9.59. The van der Waals surface area contributed by atoms with E-state index in [2.05, 4.69) is 160 Å². The van der Waals surface area contributed by atoms with Crippen molar-refractivity contribution >= 4 is 70.5 Å². The first-order valence-electron chi connectivity index (χ1n) is 15.7. The van der Waals surface area contributed by atoms with Crippen LogP contribution >= 0.6 is 11.3 Å². The van der Waals surface area contributed by atoms with Gasteiger partial charge < -0.3 is 9.32 Å². The van der Waals surface area contributed by atoms with E-state index in [1.54, 1.807) is 0 Å². The maximum absolute atomic E-state index is 6.59. The van der Waals surface area contributed by atoms with Gasteiger partial charge in [-0.25, -0.2) is 0 Å². The average molecular weight is 600 g/mol. The van der Waals surface area contributed by atoms with E-state index in [0.717, 1.165) is 33.6 Å². The summed E-state index contributed by atoms with van der Waals surface area (Å²) in [5, 5.41) is 4.98. The number of hydrogen-bond donors (Lipinski definition) is 0. The van der Waals surface area contributed by atoms with Crippen LogP contribution in [0, 0.1) is 0 Å². The number of hydrogen-bond acceptors (Lipinski definition) is 3. The molecule has 0 atom stereocenters. The van der Waals surface area contributed by atoms with Crippen molar-refractivity contribution in [1.29, 1.82) is 0 Å². The van der Waals surface area contributed by atoms with Gasteiger partial charge in [0.25, 0.3) is 0 Å². The van der Waals surface area contributed by atoms with Crippen molar-refractivity contribution in [1.82, 2.24) is 0 Å².